The first kappa shape index (κ1) is 17.3. The summed E-state index contributed by atoms with van der Waals surface area (Å²) in [7, 11) is 0. The molecule has 0 fully saturated rings. The van der Waals surface area contributed by atoms with Gasteiger partial charge in [0, 0.05) is 22.4 Å². The van der Waals surface area contributed by atoms with Crippen LogP contribution in [0.5, 0.6) is 5.75 Å². The summed E-state index contributed by atoms with van der Waals surface area (Å²) in [5.41, 5.74) is 1.49. The molecule has 0 radical (unpaired) electrons. The fraction of sp³-hybridized carbons (Fsp3) is 0.250. The van der Waals surface area contributed by atoms with E-state index in [0.29, 0.717) is 29.3 Å². The molecular weight excluding hydrogens is 338 g/mol. The molecule has 0 saturated carbocycles. The summed E-state index contributed by atoms with van der Waals surface area (Å²) in [6.07, 6.45) is 1.01. The zero-order valence-electron chi connectivity index (χ0n) is 12.5. The van der Waals surface area contributed by atoms with Gasteiger partial charge in [0.2, 0.25) is 5.91 Å². The number of rotatable bonds is 7. The number of amides is 1. The van der Waals surface area contributed by atoms with E-state index in [-0.39, 0.29) is 5.91 Å². The molecule has 122 valence electrons. The van der Waals surface area contributed by atoms with Crippen molar-refractivity contribution in [2.45, 2.75) is 19.8 Å². The van der Waals surface area contributed by atoms with Crippen molar-refractivity contribution in [3.63, 3.8) is 0 Å². The van der Waals surface area contributed by atoms with Crippen LogP contribution in [0.3, 0.4) is 0 Å². The van der Waals surface area contributed by atoms with Gasteiger partial charge in [0.15, 0.2) is 6.61 Å². The Morgan fingerprint density at radius 2 is 2.13 bits per heavy atom. The lowest BCUT2D eigenvalue weighted by Gasteiger charge is -2.10. The van der Waals surface area contributed by atoms with Crippen molar-refractivity contribution >= 4 is 40.5 Å². The van der Waals surface area contributed by atoms with Crippen LogP contribution in [0.4, 0.5) is 5.69 Å². The summed E-state index contributed by atoms with van der Waals surface area (Å²) < 4.78 is 5.09. The molecule has 23 heavy (non-hydrogen) atoms. The minimum Gasteiger partial charge on any atom is -0.482 e. The standard InChI is InChI=1S/C16H16ClNO4S/c1-10-6-12(22-8-16(20)21)2-4-14(10)18-15(19)5-3-13-7-11(17)9-23-13/h2,4,6-7,9H,3,5,8H2,1H3,(H,18,19)(H,20,21). The zero-order valence-corrected chi connectivity index (χ0v) is 14.0. The molecular formula is C16H16ClNO4S. The zero-order chi connectivity index (χ0) is 16.8. The van der Waals surface area contributed by atoms with E-state index in [4.69, 9.17) is 21.4 Å². The second-order valence-electron chi connectivity index (χ2n) is 4.94. The van der Waals surface area contributed by atoms with E-state index in [2.05, 4.69) is 5.32 Å². The quantitative estimate of drug-likeness (QED) is 0.795. The molecule has 0 aliphatic heterocycles. The maximum atomic E-state index is 12.0. The fourth-order valence-corrected chi connectivity index (χ4v) is 3.02. The number of ether oxygens (including phenoxy) is 1. The van der Waals surface area contributed by atoms with Crippen LogP contribution < -0.4 is 10.1 Å². The summed E-state index contributed by atoms with van der Waals surface area (Å²) in [5, 5.41) is 14.0. The predicted octanol–water partition coefficient (Wildman–Crippen LogP) is 3.74. The fourth-order valence-electron chi connectivity index (χ4n) is 1.95. The summed E-state index contributed by atoms with van der Waals surface area (Å²) >= 11 is 7.38. The molecule has 7 heteroatoms. The summed E-state index contributed by atoms with van der Waals surface area (Å²) in [4.78, 5) is 23.5. The molecule has 0 saturated heterocycles. The molecule has 0 aliphatic carbocycles. The van der Waals surface area contributed by atoms with Gasteiger partial charge in [-0.15, -0.1) is 11.3 Å². The molecule has 2 N–H and O–H groups in total. The Kier molecular flexibility index (Phi) is 6.01. The molecule has 2 aromatic rings. The van der Waals surface area contributed by atoms with Gasteiger partial charge in [0.1, 0.15) is 5.75 Å². The number of hydrogen-bond acceptors (Lipinski definition) is 4. The third-order valence-electron chi connectivity index (χ3n) is 3.05. The Hall–Kier alpha value is -2.05. The van der Waals surface area contributed by atoms with Crippen molar-refractivity contribution in [2.75, 3.05) is 11.9 Å². The number of thiophene rings is 1. The van der Waals surface area contributed by atoms with E-state index in [1.54, 1.807) is 18.2 Å². The lowest BCUT2D eigenvalue weighted by Crippen LogP contribution is -2.13. The van der Waals surface area contributed by atoms with E-state index >= 15 is 0 Å². The van der Waals surface area contributed by atoms with Gasteiger partial charge in [-0.25, -0.2) is 4.79 Å². The van der Waals surface area contributed by atoms with E-state index < -0.39 is 12.6 Å². The summed E-state index contributed by atoms with van der Waals surface area (Å²) in [6, 6.07) is 6.88. The minimum absolute atomic E-state index is 0.0863. The SMILES string of the molecule is Cc1cc(OCC(=O)O)ccc1NC(=O)CCc1cc(Cl)cs1. The van der Waals surface area contributed by atoms with Crippen LogP contribution in [0.2, 0.25) is 5.02 Å². The second kappa shape index (κ2) is 7.99. The largest absolute Gasteiger partial charge is 0.482 e. The van der Waals surface area contributed by atoms with Crippen LogP contribution in [-0.4, -0.2) is 23.6 Å². The Bertz CT molecular complexity index is 714. The van der Waals surface area contributed by atoms with Crippen LogP contribution in [0, 0.1) is 6.92 Å². The van der Waals surface area contributed by atoms with Crippen molar-refractivity contribution in [1.29, 1.82) is 0 Å². The van der Waals surface area contributed by atoms with E-state index in [0.717, 1.165) is 10.4 Å². The van der Waals surface area contributed by atoms with Crippen molar-refractivity contribution < 1.29 is 19.4 Å². The van der Waals surface area contributed by atoms with Crippen LogP contribution in [0.15, 0.2) is 29.6 Å². The van der Waals surface area contributed by atoms with Gasteiger partial charge in [-0.3, -0.25) is 4.79 Å². The normalized spacial score (nSPS) is 10.3. The Labute approximate surface area is 142 Å². The van der Waals surface area contributed by atoms with Crippen molar-refractivity contribution in [3.8, 4) is 5.75 Å². The first-order valence-electron chi connectivity index (χ1n) is 6.92. The first-order chi connectivity index (χ1) is 10.9. The molecule has 0 spiro atoms. The van der Waals surface area contributed by atoms with Gasteiger partial charge in [-0.05, 0) is 43.2 Å². The van der Waals surface area contributed by atoms with Crippen molar-refractivity contribution in [2.24, 2.45) is 0 Å². The number of carbonyl (C=O) groups is 2. The molecule has 1 heterocycles. The Morgan fingerprint density at radius 3 is 2.74 bits per heavy atom. The molecule has 0 bridgehead atoms. The molecule has 0 atom stereocenters. The number of aliphatic carboxylic acids is 1. The highest BCUT2D eigenvalue weighted by Crippen LogP contribution is 2.23. The van der Waals surface area contributed by atoms with Gasteiger partial charge in [0.05, 0.1) is 5.02 Å². The molecule has 1 aromatic carbocycles. The van der Waals surface area contributed by atoms with Gasteiger partial charge < -0.3 is 15.2 Å². The van der Waals surface area contributed by atoms with Crippen molar-refractivity contribution in [1.82, 2.24) is 0 Å². The van der Waals surface area contributed by atoms with E-state index in [1.165, 1.54) is 11.3 Å². The maximum absolute atomic E-state index is 12.0. The number of carboxylic acids is 1. The highest BCUT2D eigenvalue weighted by Gasteiger charge is 2.08. The average molecular weight is 354 g/mol. The maximum Gasteiger partial charge on any atom is 0.341 e. The monoisotopic (exact) mass is 353 g/mol. The van der Waals surface area contributed by atoms with Crippen LogP contribution in [0.1, 0.15) is 16.9 Å². The topological polar surface area (TPSA) is 75.6 Å². The highest BCUT2D eigenvalue weighted by molar-refractivity contribution is 7.10. The summed E-state index contributed by atoms with van der Waals surface area (Å²) in [5.74, 6) is -0.665. The number of carbonyl (C=O) groups excluding carboxylic acids is 1. The number of benzene rings is 1. The van der Waals surface area contributed by atoms with Crippen molar-refractivity contribution in [3.05, 3.63) is 45.1 Å². The van der Waals surface area contributed by atoms with Crippen LogP contribution in [-0.2, 0) is 16.0 Å². The number of hydrogen-bond donors (Lipinski definition) is 2. The Morgan fingerprint density at radius 1 is 1.35 bits per heavy atom. The average Bonchev–Trinajstić information content (AvgIpc) is 2.91. The number of nitrogens with one attached hydrogen (secondary N) is 1. The number of carboxylic acid groups (broad SMARTS) is 1. The molecule has 1 aromatic heterocycles. The number of aryl methyl sites for hydroxylation is 2. The third kappa shape index (κ3) is 5.58. The van der Waals surface area contributed by atoms with Gasteiger partial charge in [-0.1, -0.05) is 11.6 Å². The first-order valence-corrected chi connectivity index (χ1v) is 8.18. The highest BCUT2D eigenvalue weighted by atomic mass is 35.5. The lowest BCUT2D eigenvalue weighted by atomic mass is 10.1. The van der Waals surface area contributed by atoms with Crippen LogP contribution >= 0.6 is 22.9 Å². The van der Waals surface area contributed by atoms with E-state index in [1.807, 2.05) is 18.4 Å². The molecule has 5 nitrogen and oxygen atoms in total. The summed E-state index contributed by atoms with van der Waals surface area (Å²) in [6.45, 7) is 1.43. The third-order valence-corrected chi connectivity index (χ3v) is 4.40. The van der Waals surface area contributed by atoms with Gasteiger partial charge in [-0.2, -0.15) is 0 Å². The smallest absolute Gasteiger partial charge is 0.341 e. The second-order valence-corrected chi connectivity index (χ2v) is 6.37. The molecule has 0 aliphatic rings. The molecule has 2 rings (SSSR count). The predicted molar refractivity (Wildman–Crippen MR) is 90.6 cm³/mol. The number of halogens is 1. The lowest BCUT2D eigenvalue weighted by molar-refractivity contribution is -0.139. The number of anilines is 1. The molecule has 0 unspecified atom stereocenters. The minimum atomic E-state index is -1.03. The molecule has 1 amide bonds. The van der Waals surface area contributed by atoms with Gasteiger partial charge in [0.25, 0.3) is 0 Å². The van der Waals surface area contributed by atoms with E-state index in [9.17, 15) is 9.59 Å². The van der Waals surface area contributed by atoms with Crippen LogP contribution in [0.25, 0.3) is 0 Å². The van der Waals surface area contributed by atoms with Gasteiger partial charge >= 0.3 is 5.97 Å². The Balaban J connectivity index is 1.88.